The molecule has 9 nitrogen and oxygen atoms in total. The van der Waals surface area contributed by atoms with E-state index in [0.717, 1.165) is 11.4 Å². The lowest BCUT2D eigenvalue weighted by Crippen LogP contribution is -2.41. The lowest BCUT2D eigenvalue weighted by Gasteiger charge is -2.27. The minimum atomic E-state index is -0.0736. The van der Waals surface area contributed by atoms with Crippen LogP contribution in [0.1, 0.15) is 23.1 Å². The zero-order valence-corrected chi connectivity index (χ0v) is 16.0. The molecule has 0 atom stereocenters. The van der Waals surface area contributed by atoms with Gasteiger partial charge in [-0.05, 0) is 26.1 Å². The van der Waals surface area contributed by atoms with E-state index in [4.69, 9.17) is 17.0 Å². The Balaban J connectivity index is 1.77. The van der Waals surface area contributed by atoms with Gasteiger partial charge in [-0.1, -0.05) is 0 Å². The summed E-state index contributed by atoms with van der Waals surface area (Å²) in [5, 5.41) is 15.1. The van der Waals surface area contributed by atoms with E-state index in [9.17, 15) is 4.79 Å². The number of carbonyl (C=O) groups is 1. The molecule has 0 radical (unpaired) electrons. The average Bonchev–Trinajstić information content (AvgIpc) is 3.19. The maximum absolute atomic E-state index is 13.0. The summed E-state index contributed by atoms with van der Waals surface area (Å²) < 4.78 is 8.76. The molecule has 140 valence electrons. The first-order valence-electron chi connectivity index (χ1n) is 8.50. The maximum atomic E-state index is 13.0. The number of ether oxygens (including phenoxy) is 1. The van der Waals surface area contributed by atoms with Crippen LogP contribution in [0.5, 0.6) is 0 Å². The van der Waals surface area contributed by atoms with Crippen molar-refractivity contribution in [1.29, 1.82) is 0 Å². The van der Waals surface area contributed by atoms with Crippen LogP contribution in [0.25, 0.3) is 0 Å². The molecule has 1 saturated heterocycles. The number of anilines is 2. The van der Waals surface area contributed by atoms with Crippen molar-refractivity contribution in [1.82, 2.24) is 24.5 Å². The Kier molecular flexibility index (Phi) is 5.52. The van der Waals surface area contributed by atoms with Gasteiger partial charge in [0.1, 0.15) is 5.69 Å². The van der Waals surface area contributed by atoms with Gasteiger partial charge in [-0.15, -0.1) is 0 Å². The van der Waals surface area contributed by atoms with Crippen LogP contribution >= 0.6 is 12.2 Å². The largest absolute Gasteiger partial charge is 0.378 e. The van der Waals surface area contributed by atoms with Crippen molar-refractivity contribution in [2.24, 2.45) is 7.05 Å². The lowest BCUT2D eigenvalue weighted by atomic mass is 10.3. The number of carbonyl (C=O) groups excluding carboxylic acids is 1. The summed E-state index contributed by atoms with van der Waals surface area (Å²) in [6, 6.07) is 0. The standard InChI is InChI=1S/C16H23N7O2S/c1-4-23-14(15(24)22-5-7-25-8-6-22)13(10-18-23)20-16(26)19-12-9-17-21(3)11(12)2/h9-10H,4-8H2,1-3H3,(H2,19,20,26). The molecule has 0 saturated carbocycles. The third-order valence-electron chi connectivity index (χ3n) is 4.37. The Labute approximate surface area is 157 Å². The molecule has 10 heteroatoms. The van der Waals surface area contributed by atoms with Gasteiger partial charge in [0.05, 0.1) is 42.7 Å². The molecule has 3 rings (SSSR count). The lowest BCUT2D eigenvalue weighted by molar-refractivity contribution is 0.0295. The molecule has 1 amide bonds. The van der Waals surface area contributed by atoms with E-state index in [1.54, 1.807) is 26.7 Å². The van der Waals surface area contributed by atoms with E-state index < -0.39 is 0 Å². The Bertz CT molecular complexity index is 808. The molecular formula is C16H23N7O2S. The molecule has 0 aliphatic carbocycles. The minimum Gasteiger partial charge on any atom is -0.378 e. The summed E-state index contributed by atoms with van der Waals surface area (Å²) in [4.78, 5) is 14.7. The van der Waals surface area contributed by atoms with Crippen LogP contribution < -0.4 is 10.6 Å². The van der Waals surface area contributed by atoms with E-state index in [0.29, 0.717) is 49.3 Å². The smallest absolute Gasteiger partial charge is 0.274 e. The fourth-order valence-electron chi connectivity index (χ4n) is 2.76. The zero-order chi connectivity index (χ0) is 18.7. The van der Waals surface area contributed by atoms with Gasteiger partial charge < -0.3 is 20.3 Å². The molecule has 0 bridgehead atoms. The summed E-state index contributed by atoms with van der Waals surface area (Å²) in [5.41, 5.74) is 2.86. The number of hydrogen-bond acceptors (Lipinski definition) is 5. The fourth-order valence-corrected chi connectivity index (χ4v) is 2.98. The van der Waals surface area contributed by atoms with E-state index in [1.807, 2.05) is 20.9 Å². The predicted octanol–water partition coefficient (Wildman–Crippen LogP) is 1.23. The van der Waals surface area contributed by atoms with Crippen molar-refractivity contribution in [3.63, 3.8) is 0 Å². The van der Waals surface area contributed by atoms with Crippen molar-refractivity contribution < 1.29 is 9.53 Å². The molecule has 3 heterocycles. The highest BCUT2D eigenvalue weighted by Crippen LogP contribution is 2.19. The Hall–Kier alpha value is -2.46. The van der Waals surface area contributed by atoms with Crippen LogP contribution in [-0.4, -0.2) is 61.8 Å². The van der Waals surface area contributed by atoms with Crippen molar-refractivity contribution in [3.05, 3.63) is 23.8 Å². The monoisotopic (exact) mass is 377 g/mol. The molecule has 1 fully saturated rings. The van der Waals surface area contributed by atoms with Crippen LogP contribution in [0.3, 0.4) is 0 Å². The number of thiocarbonyl (C=S) groups is 1. The molecule has 2 aromatic heterocycles. The zero-order valence-electron chi connectivity index (χ0n) is 15.2. The van der Waals surface area contributed by atoms with Gasteiger partial charge in [0.25, 0.3) is 5.91 Å². The summed E-state index contributed by atoms with van der Waals surface area (Å²) in [6.07, 6.45) is 3.33. The normalized spacial score (nSPS) is 14.3. The first-order valence-corrected chi connectivity index (χ1v) is 8.91. The fraction of sp³-hybridized carbons (Fsp3) is 0.500. The van der Waals surface area contributed by atoms with Crippen molar-refractivity contribution >= 4 is 34.6 Å². The molecule has 2 N–H and O–H groups in total. The molecule has 1 aliphatic heterocycles. The third kappa shape index (κ3) is 3.70. The van der Waals surface area contributed by atoms with Crippen molar-refractivity contribution in [2.75, 3.05) is 36.9 Å². The molecule has 0 unspecified atom stereocenters. The number of nitrogens with one attached hydrogen (secondary N) is 2. The topological polar surface area (TPSA) is 89.2 Å². The number of morpholine rings is 1. The number of amides is 1. The van der Waals surface area contributed by atoms with Gasteiger partial charge in [0, 0.05) is 26.7 Å². The van der Waals surface area contributed by atoms with Crippen molar-refractivity contribution in [2.45, 2.75) is 20.4 Å². The highest BCUT2D eigenvalue weighted by atomic mass is 32.1. The van der Waals surface area contributed by atoms with Gasteiger partial charge in [-0.3, -0.25) is 14.2 Å². The highest BCUT2D eigenvalue weighted by Gasteiger charge is 2.25. The number of hydrogen-bond donors (Lipinski definition) is 2. The average molecular weight is 377 g/mol. The maximum Gasteiger partial charge on any atom is 0.274 e. The van der Waals surface area contributed by atoms with Crippen molar-refractivity contribution in [3.8, 4) is 0 Å². The number of nitrogens with zero attached hydrogens (tertiary/aromatic N) is 5. The second-order valence-electron chi connectivity index (χ2n) is 5.97. The SMILES string of the molecule is CCn1ncc(NC(=S)Nc2cnn(C)c2C)c1C(=O)N1CCOCC1. The van der Waals surface area contributed by atoms with Crippen LogP contribution in [0.15, 0.2) is 12.4 Å². The molecule has 0 aromatic carbocycles. The van der Waals surface area contributed by atoms with Crippen LogP contribution in [0.4, 0.5) is 11.4 Å². The summed E-state index contributed by atoms with van der Waals surface area (Å²) in [6.45, 7) is 6.73. The highest BCUT2D eigenvalue weighted by molar-refractivity contribution is 7.80. The second-order valence-corrected chi connectivity index (χ2v) is 6.38. The van der Waals surface area contributed by atoms with Crippen LogP contribution in [0.2, 0.25) is 0 Å². The minimum absolute atomic E-state index is 0.0736. The first-order chi connectivity index (χ1) is 12.5. The summed E-state index contributed by atoms with van der Waals surface area (Å²) in [5.74, 6) is -0.0736. The molecular weight excluding hydrogens is 354 g/mol. The second kappa shape index (κ2) is 7.83. The summed E-state index contributed by atoms with van der Waals surface area (Å²) >= 11 is 5.39. The Morgan fingerprint density at radius 3 is 2.50 bits per heavy atom. The first kappa shape index (κ1) is 18.3. The third-order valence-corrected chi connectivity index (χ3v) is 4.58. The quantitative estimate of drug-likeness (QED) is 0.775. The molecule has 0 spiro atoms. The van der Waals surface area contributed by atoms with Gasteiger partial charge >= 0.3 is 0 Å². The van der Waals surface area contributed by atoms with Crippen LogP contribution in [0, 0.1) is 6.92 Å². The number of rotatable bonds is 4. The summed E-state index contributed by atoms with van der Waals surface area (Å²) in [7, 11) is 1.86. The van der Waals surface area contributed by atoms with E-state index >= 15 is 0 Å². The van der Waals surface area contributed by atoms with Gasteiger partial charge in [-0.2, -0.15) is 10.2 Å². The molecule has 1 aliphatic rings. The number of aromatic nitrogens is 4. The van der Waals surface area contributed by atoms with Gasteiger partial charge in [0.2, 0.25) is 0 Å². The van der Waals surface area contributed by atoms with E-state index in [2.05, 4.69) is 20.8 Å². The van der Waals surface area contributed by atoms with Crippen LogP contribution in [-0.2, 0) is 18.3 Å². The van der Waals surface area contributed by atoms with E-state index in [1.165, 1.54) is 0 Å². The Morgan fingerprint density at radius 1 is 1.23 bits per heavy atom. The number of aryl methyl sites for hydroxylation is 2. The van der Waals surface area contributed by atoms with Gasteiger partial charge in [0.15, 0.2) is 5.11 Å². The Morgan fingerprint density at radius 2 is 1.88 bits per heavy atom. The molecule has 2 aromatic rings. The molecule has 26 heavy (non-hydrogen) atoms. The van der Waals surface area contributed by atoms with E-state index in [-0.39, 0.29) is 5.91 Å². The van der Waals surface area contributed by atoms with Gasteiger partial charge in [-0.25, -0.2) is 0 Å². The predicted molar refractivity (Wildman–Crippen MR) is 102 cm³/mol.